The first-order chi connectivity index (χ1) is 14.3. The maximum absolute atomic E-state index is 5.94. The summed E-state index contributed by atoms with van der Waals surface area (Å²) >= 11 is 5.79. The molecule has 0 radical (unpaired) electrons. The molecule has 0 spiro atoms. The van der Waals surface area contributed by atoms with Crippen LogP contribution < -0.4 is 5.32 Å². The largest absolute Gasteiger partial charge is 0.376 e. The van der Waals surface area contributed by atoms with E-state index in [1.54, 1.807) is 0 Å². The Morgan fingerprint density at radius 2 is 1.83 bits per heavy atom. The van der Waals surface area contributed by atoms with Crippen LogP contribution in [0.4, 0.5) is 0 Å². The Bertz CT molecular complexity index is 830. The van der Waals surface area contributed by atoms with Crippen LogP contribution in [-0.4, -0.2) is 51.5 Å². The first kappa shape index (κ1) is 19.0. The second-order valence-corrected chi connectivity index (χ2v) is 8.52. The van der Waals surface area contributed by atoms with E-state index in [-0.39, 0.29) is 18.2 Å². The third-order valence-corrected chi connectivity index (χ3v) is 6.57. The van der Waals surface area contributed by atoms with Crippen molar-refractivity contribution in [3.05, 3.63) is 54.1 Å². The van der Waals surface area contributed by atoms with Gasteiger partial charge in [-0.15, -0.1) is 0 Å². The van der Waals surface area contributed by atoms with Gasteiger partial charge in [0.05, 0.1) is 30.0 Å². The van der Waals surface area contributed by atoms with E-state index in [0.717, 1.165) is 62.8 Å². The van der Waals surface area contributed by atoms with Crippen LogP contribution in [0.2, 0.25) is 0 Å². The summed E-state index contributed by atoms with van der Waals surface area (Å²) in [6.45, 7) is 3.42. The average Bonchev–Trinajstić information content (AvgIpc) is 3.53. The van der Waals surface area contributed by atoms with E-state index in [4.69, 9.17) is 21.7 Å². The van der Waals surface area contributed by atoms with Crippen molar-refractivity contribution in [2.24, 2.45) is 0 Å². The zero-order valence-corrected chi connectivity index (χ0v) is 17.4. The van der Waals surface area contributed by atoms with Gasteiger partial charge in [-0.25, -0.2) is 0 Å². The third-order valence-electron chi connectivity index (χ3n) is 6.21. The van der Waals surface area contributed by atoms with Gasteiger partial charge in [0.25, 0.3) is 0 Å². The SMILES string of the molecule is S=C1N[C@H](c2ccccn2)[C@H](c2cccn2C[C@H]2CCCO2)N1C[C@H]1CCCO1. The zero-order chi connectivity index (χ0) is 19.6. The van der Waals surface area contributed by atoms with Gasteiger partial charge in [0.15, 0.2) is 5.11 Å². The number of aromatic nitrogens is 2. The van der Waals surface area contributed by atoms with E-state index in [1.807, 2.05) is 18.3 Å². The lowest BCUT2D eigenvalue weighted by Gasteiger charge is -2.31. The molecular weight excluding hydrogens is 384 g/mol. The van der Waals surface area contributed by atoms with E-state index in [2.05, 4.69) is 44.2 Å². The first-order valence-corrected chi connectivity index (χ1v) is 11.1. The van der Waals surface area contributed by atoms with Gasteiger partial charge in [0, 0.05) is 44.4 Å². The Morgan fingerprint density at radius 1 is 1.03 bits per heavy atom. The lowest BCUT2D eigenvalue weighted by atomic mass is 10.0. The molecule has 154 valence electrons. The average molecular weight is 413 g/mol. The normalized spacial score (nSPS) is 29.5. The molecule has 0 aliphatic carbocycles. The third kappa shape index (κ3) is 3.91. The molecule has 0 amide bonds. The fourth-order valence-corrected chi connectivity index (χ4v) is 5.12. The topological polar surface area (TPSA) is 51.5 Å². The van der Waals surface area contributed by atoms with Crippen LogP contribution in [-0.2, 0) is 16.0 Å². The summed E-state index contributed by atoms with van der Waals surface area (Å²) in [7, 11) is 0. The number of hydrogen-bond acceptors (Lipinski definition) is 4. The van der Waals surface area contributed by atoms with Crippen molar-refractivity contribution in [1.82, 2.24) is 19.8 Å². The number of thiocarbonyl (C=S) groups is 1. The van der Waals surface area contributed by atoms with E-state index in [1.165, 1.54) is 5.69 Å². The molecule has 4 atom stereocenters. The predicted molar refractivity (Wildman–Crippen MR) is 115 cm³/mol. The molecule has 5 rings (SSSR count). The van der Waals surface area contributed by atoms with Gasteiger partial charge in [-0.3, -0.25) is 4.98 Å². The van der Waals surface area contributed by atoms with Crippen LogP contribution in [0, 0.1) is 0 Å². The number of nitrogens with zero attached hydrogens (tertiary/aromatic N) is 3. The lowest BCUT2D eigenvalue weighted by molar-refractivity contribution is 0.0809. The quantitative estimate of drug-likeness (QED) is 0.736. The molecule has 0 bridgehead atoms. The van der Waals surface area contributed by atoms with Crippen molar-refractivity contribution >= 4 is 17.3 Å². The molecule has 0 aromatic carbocycles. The van der Waals surface area contributed by atoms with E-state index < -0.39 is 0 Å². The minimum atomic E-state index is 0.0169. The molecule has 1 N–H and O–H groups in total. The number of hydrogen-bond donors (Lipinski definition) is 1. The Labute approximate surface area is 177 Å². The van der Waals surface area contributed by atoms with E-state index >= 15 is 0 Å². The highest BCUT2D eigenvalue weighted by molar-refractivity contribution is 7.80. The molecule has 2 aromatic heterocycles. The summed E-state index contributed by atoms with van der Waals surface area (Å²) in [6, 6.07) is 10.5. The molecule has 0 unspecified atom stereocenters. The second-order valence-electron chi connectivity index (χ2n) is 8.13. The van der Waals surface area contributed by atoms with Crippen molar-refractivity contribution in [1.29, 1.82) is 0 Å². The van der Waals surface area contributed by atoms with Crippen LogP contribution >= 0.6 is 12.2 Å². The summed E-state index contributed by atoms with van der Waals surface area (Å²) in [5.41, 5.74) is 2.26. The number of rotatable bonds is 6. The van der Waals surface area contributed by atoms with Gasteiger partial charge in [-0.05, 0) is 62.2 Å². The Hall–Kier alpha value is -1.96. The summed E-state index contributed by atoms with van der Waals surface area (Å²) < 4.78 is 14.2. The van der Waals surface area contributed by atoms with Crippen molar-refractivity contribution < 1.29 is 9.47 Å². The smallest absolute Gasteiger partial charge is 0.170 e. The molecule has 5 heterocycles. The highest BCUT2D eigenvalue weighted by atomic mass is 32.1. The van der Waals surface area contributed by atoms with Crippen LogP contribution in [0.1, 0.15) is 49.2 Å². The van der Waals surface area contributed by atoms with Crippen LogP contribution in [0.5, 0.6) is 0 Å². The van der Waals surface area contributed by atoms with Crippen molar-refractivity contribution in [3.8, 4) is 0 Å². The highest BCUT2D eigenvalue weighted by Gasteiger charge is 2.42. The molecule has 29 heavy (non-hydrogen) atoms. The van der Waals surface area contributed by atoms with Gasteiger partial charge >= 0.3 is 0 Å². The number of pyridine rings is 1. The zero-order valence-electron chi connectivity index (χ0n) is 16.6. The molecule has 6 nitrogen and oxygen atoms in total. The van der Waals surface area contributed by atoms with Crippen LogP contribution in [0.3, 0.4) is 0 Å². The molecule has 3 saturated heterocycles. The second kappa shape index (κ2) is 8.42. The molecular formula is C22H28N4O2S. The molecule has 2 aromatic rings. The van der Waals surface area contributed by atoms with Gasteiger partial charge in [-0.2, -0.15) is 0 Å². The van der Waals surface area contributed by atoms with Crippen molar-refractivity contribution in [2.75, 3.05) is 19.8 Å². The molecule has 0 saturated carbocycles. The van der Waals surface area contributed by atoms with E-state index in [9.17, 15) is 0 Å². The van der Waals surface area contributed by atoms with Crippen molar-refractivity contribution in [2.45, 2.75) is 56.5 Å². The monoisotopic (exact) mass is 412 g/mol. The summed E-state index contributed by atoms with van der Waals surface area (Å²) in [6.07, 6.45) is 9.05. The van der Waals surface area contributed by atoms with Gasteiger partial charge in [0.1, 0.15) is 0 Å². The first-order valence-electron chi connectivity index (χ1n) is 10.7. The molecule has 3 fully saturated rings. The molecule has 7 heteroatoms. The summed E-state index contributed by atoms with van der Waals surface area (Å²) in [4.78, 5) is 6.95. The maximum Gasteiger partial charge on any atom is 0.170 e. The Balaban J connectivity index is 1.47. The predicted octanol–water partition coefficient (Wildman–Crippen LogP) is 3.21. The lowest BCUT2D eigenvalue weighted by Crippen LogP contribution is -2.37. The number of nitrogens with one attached hydrogen (secondary N) is 1. The fraction of sp³-hybridized carbons (Fsp3) is 0.545. The minimum absolute atomic E-state index is 0.0169. The Morgan fingerprint density at radius 3 is 2.52 bits per heavy atom. The molecule has 3 aliphatic rings. The van der Waals surface area contributed by atoms with Gasteiger partial charge < -0.3 is 24.3 Å². The fourth-order valence-electron chi connectivity index (χ4n) is 4.80. The van der Waals surface area contributed by atoms with Crippen molar-refractivity contribution in [3.63, 3.8) is 0 Å². The van der Waals surface area contributed by atoms with Gasteiger partial charge in [-0.1, -0.05) is 6.07 Å². The molecule has 3 aliphatic heterocycles. The van der Waals surface area contributed by atoms with Crippen LogP contribution in [0.25, 0.3) is 0 Å². The Kier molecular flexibility index (Phi) is 5.52. The van der Waals surface area contributed by atoms with Crippen LogP contribution in [0.15, 0.2) is 42.7 Å². The minimum Gasteiger partial charge on any atom is -0.376 e. The highest BCUT2D eigenvalue weighted by Crippen LogP contribution is 2.39. The summed E-state index contributed by atoms with van der Waals surface area (Å²) in [5.74, 6) is 0. The summed E-state index contributed by atoms with van der Waals surface area (Å²) in [5, 5.41) is 4.33. The number of ether oxygens (including phenoxy) is 2. The van der Waals surface area contributed by atoms with Gasteiger partial charge in [0.2, 0.25) is 0 Å². The maximum atomic E-state index is 5.94. The standard InChI is InChI=1S/C22H28N4O2S/c29-22-24-20(18-8-1-2-10-23-18)21(26(22)15-17-7-5-13-28-17)19-9-3-11-25(19)14-16-6-4-12-27-16/h1-3,8-11,16-17,20-21H,4-7,12-15H2,(H,24,29)/t16-,17-,20-,21+/m1/s1. The van der Waals surface area contributed by atoms with E-state index in [0.29, 0.717) is 6.10 Å².